The molecule has 5 unspecified atom stereocenters. The average molecular weight is 470 g/mol. The van der Waals surface area contributed by atoms with E-state index in [2.05, 4.69) is 25.6 Å². The molecule has 180 valence electrons. The predicted octanol–water partition coefficient (Wildman–Crippen LogP) is 0.573. The fourth-order valence-electron chi connectivity index (χ4n) is 4.06. The van der Waals surface area contributed by atoms with E-state index in [1.165, 1.54) is 17.2 Å². The molecule has 1 amide bonds. The van der Waals surface area contributed by atoms with E-state index in [0.29, 0.717) is 36.7 Å². The van der Waals surface area contributed by atoms with Gasteiger partial charge in [0.1, 0.15) is 31.2 Å². The molecule has 4 heterocycles. The monoisotopic (exact) mass is 470 g/mol. The summed E-state index contributed by atoms with van der Waals surface area (Å²) >= 11 is 0. The summed E-state index contributed by atoms with van der Waals surface area (Å²) in [5.41, 5.74) is 1.88. The van der Waals surface area contributed by atoms with Crippen LogP contribution in [-0.4, -0.2) is 80.0 Å². The molecule has 5 rings (SSSR count). The molecule has 0 spiro atoms. The third-order valence-corrected chi connectivity index (χ3v) is 5.90. The molecule has 2 aliphatic rings. The van der Waals surface area contributed by atoms with E-state index >= 15 is 0 Å². The van der Waals surface area contributed by atoms with Crippen molar-refractivity contribution in [3.63, 3.8) is 0 Å². The van der Waals surface area contributed by atoms with Crippen molar-refractivity contribution in [2.45, 2.75) is 43.5 Å². The first-order chi connectivity index (χ1) is 16.6. The SMILES string of the molecule is O=C(NCc1ccccc1)OCC1OC(n2cnc3c(NC4CCOC4)ncnc32)C(O)C1O. The van der Waals surface area contributed by atoms with Gasteiger partial charge in [0.2, 0.25) is 0 Å². The number of aromatic nitrogens is 4. The van der Waals surface area contributed by atoms with Crippen LogP contribution >= 0.6 is 0 Å². The molecule has 0 bridgehead atoms. The highest BCUT2D eigenvalue weighted by Crippen LogP contribution is 2.32. The first kappa shape index (κ1) is 22.5. The van der Waals surface area contributed by atoms with E-state index in [9.17, 15) is 15.0 Å². The molecule has 2 aromatic heterocycles. The number of hydrogen-bond donors (Lipinski definition) is 4. The van der Waals surface area contributed by atoms with Crippen LogP contribution in [-0.2, 0) is 20.8 Å². The number of rotatable bonds is 7. The number of amides is 1. The number of nitrogens with one attached hydrogen (secondary N) is 2. The molecule has 2 fully saturated rings. The van der Waals surface area contributed by atoms with Gasteiger partial charge in [-0.3, -0.25) is 4.57 Å². The fourth-order valence-corrected chi connectivity index (χ4v) is 4.06. The van der Waals surface area contributed by atoms with Crippen molar-refractivity contribution in [2.24, 2.45) is 0 Å². The minimum absolute atomic E-state index is 0.132. The van der Waals surface area contributed by atoms with Gasteiger partial charge in [-0.05, 0) is 12.0 Å². The van der Waals surface area contributed by atoms with Gasteiger partial charge >= 0.3 is 6.09 Å². The molecule has 4 N–H and O–H groups in total. The lowest BCUT2D eigenvalue weighted by Gasteiger charge is -2.17. The van der Waals surface area contributed by atoms with Crippen LogP contribution in [0.2, 0.25) is 0 Å². The zero-order valence-electron chi connectivity index (χ0n) is 18.3. The highest BCUT2D eigenvalue weighted by atomic mass is 16.6. The minimum Gasteiger partial charge on any atom is -0.447 e. The first-order valence-electron chi connectivity index (χ1n) is 11.1. The minimum atomic E-state index is -1.27. The van der Waals surface area contributed by atoms with Crippen molar-refractivity contribution in [2.75, 3.05) is 25.1 Å². The molecule has 0 saturated carbocycles. The number of aliphatic hydroxyl groups is 2. The van der Waals surface area contributed by atoms with Crippen molar-refractivity contribution in [3.05, 3.63) is 48.5 Å². The van der Waals surface area contributed by atoms with Crippen LogP contribution in [0, 0.1) is 0 Å². The second-order valence-electron chi connectivity index (χ2n) is 8.24. The highest BCUT2D eigenvalue weighted by Gasteiger charge is 2.45. The van der Waals surface area contributed by atoms with Gasteiger partial charge in [-0.25, -0.2) is 19.7 Å². The highest BCUT2D eigenvalue weighted by molar-refractivity contribution is 5.82. The van der Waals surface area contributed by atoms with Crippen LogP contribution in [0.15, 0.2) is 43.0 Å². The maximum Gasteiger partial charge on any atom is 0.407 e. The lowest BCUT2D eigenvalue weighted by Crippen LogP contribution is -2.35. The van der Waals surface area contributed by atoms with Crippen LogP contribution in [0.1, 0.15) is 18.2 Å². The summed E-state index contributed by atoms with van der Waals surface area (Å²) in [7, 11) is 0. The summed E-state index contributed by atoms with van der Waals surface area (Å²) in [6, 6.07) is 9.53. The molecule has 2 aliphatic heterocycles. The van der Waals surface area contributed by atoms with Gasteiger partial charge in [0.25, 0.3) is 0 Å². The molecule has 12 nitrogen and oxygen atoms in total. The number of nitrogens with zero attached hydrogens (tertiary/aromatic N) is 4. The Hall–Kier alpha value is -3.32. The number of hydrogen-bond acceptors (Lipinski definition) is 10. The Morgan fingerprint density at radius 3 is 2.82 bits per heavy atom. The smallest absolute Gasteiger partial charge is 0.407 e. The molecule has 34 heavy (non-hydrogen) atoms. The standard InChI is InChI=1S/C22H26N6O6/c29-17-15(10-33-22(31)23-8-13-4-2-1-3-5-13)34-21(18(17)30)28-12-26-16-19(24-11-25-20(16)28)27-14-6-7-32-9-14/h1-5,11-12,14-15,17-18,21,29-30H,6-10H2,(H,23,31)(H,24,25,27). The number of fused-ring (bicyclic) bond motifs is 1. The Morgan fingerprint density at radius 2 is 2.03 bits per heavy atom. The van der Waals surface area contributed by atoms with Gasteiger partial charge in [0, 0.05) is 13.2 Å². The average Bonchev–Trinajstić information content (AvgIpc) is 3.59. The van der Waals surface area contributed by atoms with Crippen molar-refractivity contribution >= 4 is 23.1 Å². The Balaban J connectivity index is 1.22. The number of alkyl carbamates (subject to hydrolysis) is 1. The van der Waals surface area contributed by atoms with Gasteiger partial charge < -0.3 is 35.1 Å². The molecule has 3 aromatic rings. The Kier molecular flexibility index (Phi) is 6.54. The number of aliphatic hydroxyl groups excluding tert-OH is 2. The molecule has 1 aromatic carbocycles. The second-order valence-corrected chi connectivity index (χ2v) is 8.24. The van der Waals surface area contributed by atoms with E-state index in [-0.39, 0.29) is 12.6 Å². The topological polar surface area (TPSA) is 153 Å². The summed E-state index contributed by atoms with van der Waals surface area (Å²) in [5, 5.41) is 27.0. The summed E-state index contributed by atoms with van der Waals surface area (Å²) in [5.74, 6) is 0.558. The summed E-state index contributed by atoms with van der Waals surface area (Å²) in [4.78, 5) is 25.0. The molecular weight excluding hydrogens is 444 g/mol. The summed E-state index contributed by atoms with van der Waals surface area (Å²) < 4.78 is 18.0. The van der Waals surface area contributed by atoms with Crippen LogP contribution in [0.25, 0.3) is 11.2 Å². The van der Waals surface area contributed by atoms with E-state index in [1.54, 1.807) is 0 Å². The molecule has 0 radical (unpaired) electrons. The van der Waals surface area contributed by atoms with Crippen molar-refractivity contribution in [3.8, 4) is 0 Å². The first-order valence-corrected chi connectivity index (χ1v) is 11.1. The van der Waals surface area contributed by atoms with Gasteiger partial charge in [0.05, 0.1) is 19.0 Å². The van der Waals surface area contributed by atoms with Crippen molar-refractivity contribution < 1.29 is 29.2 Å². The van der Waals surface area contributed by atoms with Crippen LogP contribution in [0.4, 0.5) is 10.6 Å². The summed E-state index contributed by atoms with van der Waals surface area (Å²) in [6.45, 7) is 1.35. The van der Waals surface area contributed by atoms with E-state index in [1.807, 2.05) is 30.3 Å². The van der Waals surface area contributed by atoms with Crippen molar-refractivity contribution in [1.82, 2.24) is 24.8 Å². The quantitative estimate of drug-likeness (QED) is 0.385. The molecular formula is C22H26N6O6. The lowest BCUT2D eigenvalue weighted by atomic mass is 10.1. The van der Waals surface area contributed by atoms with Gasteiger partial charge in [-0.2, -0.15) is 0 Å². The molecule has 12 heteroatoms. The van der Waals surface area contributed by atoms with Gasteiger partial charge in [-0.15, -0.1) is 0 Å². The zero-order valence-corrected chi connectivity index (χ0v) is 18.3. The molecule has 2 saturated heterocycles. The Morgan fingerprint density at radius 1 is 1.18 bits per heavy atom. The van der Waals surface area contributed by atoms with Gasteiger partial charge in [-0.1, -0.05) is 30.3 Å². The number of carbonyl (C=O) groups is 1. The molecule has 0 aliphatic carbocycles. The van der Waals surface area contributed by atoms with Crippen LogP contribution in [0.3, 0.4) is 0 Å². The number of anilines is 1. The van der Waals surface area contributed by atoms with E-state index < -0.39 is 30.6 Å². The Labute approximate surface area is 194 Å². The fraction of sp³-hybridized carbons (Fsp3) is 0.455. The Bertz CT molecular complexity index is 1120. The third kappa shape index (κ3) is 4.66. The molecule has 5 atom stereocenters. The summed E-state index contributed by atoms with van der Waals surface area (Å²) in [6.07, 6.45) is -1.32. The maximum atomic E-state index is 12.0. The largest absolute Gasteiger partial charge is 0.447 e. The number of benzene rings is 1. The second kappa shape index (κ2) is 9.89. The van der Waals surface area contributed by atoms with Crippen LogP contribution in [0.5, 0.6) is 0 Å². The number of carbonyl (C=O) groups excluding carboxylic acids is 1. The van der Waals surface area contributed by atoms with Crippen LogP contribution < -0.4 is 10.6 Å². The lowest BCUT2D eigenvalue weighted by molar-refractivity contribution is -0.0533. The van der Waals surface area contributed by atoms with E-state index in [0.717, 1.165) is 12.0 Å². The predicted molar refractivity (Wildman–Crippen MR) is 119 cm³/mol. The van der Waals surface area contributed by atoms with Crippen molar-refractivity contribution in [1.29, 1.82) is 0 Å². The number of imidazole rings is 1. The van der Waals surface area contributed by atoms with Gasteiger partial charge in [0.15, 0.2) is 23.2 Å². The normalized spacial score (nSPS) is 26.6. The van der Waals surface area contributed by atoms with E-state index in [4.69, 9.17) is 14.2 Å². The number of ether oxygens (including phenoxy) is 3. The third-order valence-electron chi connectivity index (χ3n) is 5.90. The maximum absolute atomic E-state index is 12.0. The zero-order chi connectivity index (χ0) is 23.5.